The summed E-state index contributed by atoms with van der Waals surface area (Å²) in [6, 6.07) is 3.91. The second-order valence-electron chi connectivity index (χ2n) is 3.94. The van der Waals surface area contributed by atoms with Gasteiger partial charge in [-0.15, -0.1) is 0 Å². The van der Waals surface area contributed by atoms with Gasteiger partial charge in [0, 0.05) is 23.8 Å². The highest BCUT2D eigenvalue weighted by atomic mass is 35.5. The number of nitrogens with two attached hydrogens (primary N) is 1. The van der Waals surface area contributed by atoms with Gasteiger partial charge in [-0.3, -0.25) is 0 Å². The van der Waals surface area contributed by atoms with Crippen molar-refractivity contribution < 1.29 is 0 Å². The summed E-state index contributed by atoms with van der Waals surface area (Å²) in [5.41, 5.74) is 9.15. The molecule has 0 aromatic heterocycles. The molecule has 0 saturated carbocycles. The summed E-state index contributed by atoms with van der Waals surface area (Å²) in [6.45, 7) is 2.17. The Bertz CT molecular complexity index is 349. The molecule has 1 aromatic carbocycles. The fraction of sp³-hybridized carbons (Fsp3) is 0.455. The average Bonchev–Trinajstić information content (AvgIpc) is 2.28. The van der Waals surface area contributed by atoms with Gasteiger partial charge in [0.15, 0.2) is 0 Å². The van der Waals surface area contributed by atoms with Gasteiger partial charge in [-0.2, -0.15) is 0 Å². The van der Waals surface area contributed by atoms with E-state index < -0.39 is 0 Å². The van der Waals surface area contributed by atoms with Crippen molar-refractivity contribution in [2.24, 2.45) is 0 Å². The van der Waals surface area contributed by atoms with Crippen molar-refractivity contribution in [1.29, 1.82) is 0 Å². The minimum Gasteiger partial charge on any atom is -0.399 e. The third kappa shape index (κ3) is 1.86. The highest BCUT2D eigenvalue weighted by Gasteiger charge is 2.14. The Morgan fingerprint density at radius 1 is 1.29 bits per heavy atom. The van der Waals surface area contributed by atoms with Gasteiger partial charge < -0.3 is 10.6 Å². The van der Waals surface area contributed by atoms with Crippen LogP contribution in [0.15, 0.2) is 12.1 Å². The summed E-state index contributed by atoms with van der Waals surface area (Å²) >= 11 is 6.17. The zero-order chi connectivity index (χ0) is 10.1. The molecule has 2 nitrogen and oxygen atoms in total. The minimum atomic E-state index is 0.776. The van der Waals surface area contributed by atoms with Crippen molar-refractivity contribution in [3.05, 3.63) is 28.3 Å². The van der Waals surface area contributed by atoms with Crippen LogP contribution < -0.4 is 5.73 Å². The molecule has 1 aromatic rings. The summed E-state index contributed by atoms with van der Waals surface area (Å²) in [6.07, 6.45) is 2.08. The first-order valence-corrected chi connectivity index (χ1v) is 5.30. The molecule has 1 aliphatic rings. The second-order valence-corrected chi connectivity index (χ2v) is 4.35. The van der Waals surface area contributed by atoms with Crippen LogP contribution >= 0.6 is 11.6 Å². The summed E-state index contributed by atoms with van der Waals surface area (Å²) < 4.78 is 0. The second kappa shape index (κ2) is 3.79. The van der Waals surface area contributed by atoms with E-state index in [1.54, 1.807) is 0 Å². The Kier molecular flexibility index (Phi) is 2.66. The van der Waals surface area contributed by atoms with Crippen LogP contribution in [0, 0.1) is 0 Å². The minimum absolute atomic E-state index is 0.776. The standard InChI is InChI=1S/C11H15ClN2/c1-14-4-2-8-6-9(13)7-11(12)10(8)3-5-14/h6-7H,2-5,13H2,1H3. The van der Waals surface area contributed by atoms with Gasteiger partial charge >= 0.3 is 0 Å². The number of hydrogen-bond acceptors (Lipinski definition) is 2. The van der Waals surface area contributed by atoms with Crippen LogP contribution in [0.2, 0.25) is 5.02 Å². The quantitative estimate of drug-likeness (QED) is 0.664. The number of nitrogens with zero attached hydrogens (tertiary/aromatic N) is 1. The first kappa shape index (κ1) is 9.81. The van der Waals surface area contributed by atoms with E-state index >= 15 is 0 Å². The summed E-state index contributed by atoms with van der Waals surface area (Å²) in [5, 5.41) is 0.829. The highest BCUT2D eigenvalue weighted by Crippen LogP contribution is 2.26. The number of likely N-dealkylation sites (N-methyl/N-ethyl adjacent to an activating group) is 1. The van der Waals surface area contributed by atoms with Crippen molar-refractivity contribution in [3.8, 4) is 0 Å². The molecule has 0 aliphatic carbocycles. The monoisotopic (exact) mass is 210 g/mol. The normalized spacial score (nSPS) is 17.6. The molecular formula is C11H15ClN2. The van der Waals surface area contributed by atoms with Crippen LogP contribution in [-0.4, -0.2) is 25.0 Å². The van der Waals surface area contributed by atoms with E-state index in [0.29, 0.717) is 0 Å². The van der Waals surface area contributed by atoms with E-state index in [4.69, 9.17) is 17.3 Å². The Hall–Kier alpha value is -0.730. The predicted octanol–water partition coefficient (Wildman–Crippen LogP) is 1.95. The number of nitrogen functional groups attached to an aromatic ring is 1. The Morgan fingerprint density at radius 2 is 2.00 bits per heavy atom. The molecular weight excluding hydrogens is 196 g/mol. The molecule has 0 saturated heterocycles. The van der Waals surface area contributed by atoms with Gasteiger partial charge in [-0.1, -0.05) is 11.6 Å². The number of benzene rings is 1. The van der Waals surface area contributed by atoms with Gasteiger partial charge in [0.25, 0.3) is 0 Å². The van der Waals surface area contributed by atoms with Crippen LogP contribution in [0.1, 0.15) is 11.1 Å². The molecule has 0 fully saturated rings. The zero-order valence-corrected chi connectivity index (χ0v) is 9.14. The van der Waals surface area contributed by atoms with Gasteiger partial charge in [0.1, 0.15) is 0 Å². The maximum absolute atomic E-state index is 6.17. The molecule has 1 heterocycles. The van der Waals surface area contributed by atoms with Gasteiger partial charge in [0.05, 0.1) is 0 Å². The number of anilines is 1. The van der Waals surface area contributed by atoms with E-state index in [-0.39, 0.29) is 0 Å². The summed E-state index contributed by atoms with van der Waals surface area (Å²) in [5.74, 6) is 0. The van der Waals surface area contributed by atoms with Crippen LogP contribution in [0.25, 0.3) is 0 Å². The third-order valence-electron chi connectivity index (χ3n) is 2.82. The van der Waals surface area contributed by atoms with Crippen LogP contribution in [0.5, 0.6) is 0 Å². The maximum atomic E-state index is 6.17. The summed E-state index contributed by atoms with van der Waals surface area (Å²) in [7, 11) is 2.14. The van der Waals surface area contributed by atoms with Crippen molar-refractivity contribution in [3.63, 3.8) is 0 Å². The van der Waals surface area contributed by atoms with E-state index in [2.05, 4.69) is 18.0 Å². The fourth-order valence-electron chi connectivity index (χ4n) is 1.95. The predicted molar refractivity (Wildman–Crippen MR) is 60.8 cm³/mol. The van der Waals surface area contributed by atoms with Crippen LogP contribution in [0.4, 0.5) is 5.69 Å². The lowest BCUT2D eigenvalue weighted by Gasteiger charge is -2.10. The lowest BCUT2D eigenvalue weighted by Crippen LogP contribution is -2.20. The lowest BCUT2D eigenvalue weighted by molar-refractivity contribution is 0.352. The Morgan fingerprint density at radius 3 is 2.79 bits per heavy atom. The topological polar surface area (TPSA) is 29.3 Å². The average molecular weight is 211 g/mol. The van der Waals surface area contributed by atoms with Crippen LogP contribution in [0.3, 0.4) is 0 Å². The Balaban J connectivity index is 2.40. The molecule has 14 heavy (non-hydrogen) atoms. The zero-order valence-electron chi connectivity index (χ0n) is 8.39. The SMILES string of the molecule is CN1CCc2cc(N)cc(Cl)c2CC1. The Labute approximate surface area is 89.7 Å². The van der Waals surface area contributed by atoms with Gasteiger partial charge in [-0.25, -0.2) is 0 Å². The van der Waals surface area contributed by atoms with Crippen molar-refractivity contribution in [2.45, 2.75) is 12.8 Å². The van der Waals surface area contributed by atoms with E-state index in [9.17, 15) is 0 Å². The lowest BCUT2D eigenvalue weighted by atomic mass is 10.0. The molecule has 0 spiro atoms. The molecule has 2 N–H and O–H groups in total. The molecule has 0 atom stereocenters. The third-order valence-corrected chi connectivity index (χ3v) is 3.15. The number of rotatable bonds is 0. The smallest absolute Gasteiger partial charge is 0.0461 e. The summed E-state index contributed by atoms with van der Waals surface area (Å²) in [4.78, 5) is 2.33. The fourth-order valence-corrected chi connectivity index (χ4v) is 2.29. The first-order valence-electron chi connectivity index (χ1n) is 4.92. The van der Waals surface area contributed by atoms with Gasteiger partial charge in [0.2, 0.25) is 0 Å². The number of halogens is 1. The number of fused-ring (bicyclic) bond motifs is 1. The van der Waals surface area contributed by atoms with Crippen molar-refractivity contribution in [2.75, 3.05) is 25.9 Å². The molecule has 1 aliphatic heterocycles. The maximum Gasteiger partial charge on any atom is 0.0461 e. The molecule has 3 heteroatoms. The van der Waals surface area contributed by atoms with Crippen molar-refractivity contribution >= 4 is 17.3 Å². The first-order chi connectivity index (χ1) is 6.66. The van der Waals surface area contributed by atoms with E-state index in [1.165, 1.54) is 11.1 Å². The van der Waals surface area contributed by atoms with Crippen molar-refractivity contribution in [1.82, 2.24) is 4.90 Å². The molecule has 0 radical (unpaired) electrons. The largest absolute Gasteiger partial charge is 0.399 e. The highest BCUT2D eigenvalue weighted by molar-refractivity contribution is 6.31. The molecule has 0 amide bonds. The molecule has 0 bridgehead atoms. The molecule has 76 valence electrons. The van der Waals surface area contributed by atoms with E-state index in [0.717, 1.165) is 36.6 Å². The molecule has 2 rings (SSSR count). The van der Waals surface area contributed by atoms with Crippen LogP contribution in [-0.2, 0) is 12.8 Å². The number of hydrogen-bond donors (Lipinski definition) is 1. The van der Waals surface area contributed by atoms with E-state index in [1.807, 2.05) is 6.07 Å². The van der Waals surface area contributed by atoms with Gasteiger partial charge in [-0.05, 0) is 43.1 Å². The molecule has 0 unspecified atom stereocenters.